The lowest BCUT2D eigenvalue weighted by Crippen LogP contribution is -2.48. The van der Waals surface area contributed by atoms with Crippen molar-refractivity contribution in [1.29, 1.82) is 0 Å². The standard InChI is InChI=1S/C14H20ClNO2S/c1-2-7-16-13-6-8-18-10-14(13)19(17)12-5-3-4-11(15)9-12/h3-5,9,13-14,16H,2,6-8,10H2,1H3. The SMILES string of the molecule is CCCNC1CCOCC1S(=O)c1cccc(Cl)c1. The van der Waals surface area contributed by atoms with Crippen LogP contribution >= 0.6 is 11.6 Å². The summed E-state index contributed by atoms with van der Waals surface area (Å²) in [4.78, 5) is 0.784. The van der Waals surface area contributed by atoms with E-state index in [0.29, 0.717) is 11.6 Å². The molecule has 3 unspecified atom stereocenters. The molecule has 19 heavy (non-hydrogen) atoms. The van der Waals surface area contributed by atoms with Crippen LogP contribution in [-0.4, -0.2) is 35.3 Å². The van der Waals surface area contributed by atoms with E-state index in [1.54, 1.807) is 12.1 Å². The lowest BCUT2D eigenvalue weighted by molar-refractivity contribution is 0.0820. The average Bonchev–Trinajstić information content (AvgIpc) is 2.44. The molecule has 1 aliphatic heterocycles. The van der Waals surface area contributed by atoms with E-state index in [1.807, 2.05) is 12.1 Å². The van der Waals surface area contributed by atoms with Gasteiger partial charge in [-0.3, -0.25) is 4.21 Å². The molecule has 1 aromatic rings. The Bertz CT molecular complexity index is 441. The monoisotopic (exact) mass is 301 g/mol. The van der Waals surface area contributed by atoms with Gasteiger partial charge in [0.05, 0.1) is 22.7 Å². The maximum Gasteiger partial charge on any atom is 0.0782 e. The van der Waals surface area contributed by atoms with Crippen LogP contribution in [0, 0.1) is 0 Å². The Balaban J connectivity index is 2.10. The van der Waals surface area contributed by atoms with Crippen LogP contribution in [0.25, 0.3) is 0 Å². The number of halogens is 1. The Morgan fingerprint density at radius 2 is 2.37 bits per heavy atom. The lowest BCUT2D eigenvalue weighted by atomic mass is 10.1. The van der Waals surface area contributed by atoms with Gasteiger partial charge in [-0.25, -0.2) is 0 Å². The zero-order chi connectivity index (χ0) is 13.7. The summed E-state index contributed by atoms with van der Waals surface area (Å²) in [6.07, 6.45) is 1.99. The number of hydrogen-bond acceptors (Lipinski definition) is 3. The average molecular weight is 302 g/mol. The zero-order valence-corrected chi connectivity index (χ0v) is 12.7. The van der Waals surface area contributed by atoms with E-state index in [1.165, 1.54) is 0 Å². The van der Waals surface area contributed by atoms with E-state index >= 15 is 0 Å². The summed E-state index contributed by atoms with van der Waals surface area (Å²) in [6.45, 7) is 4.37. The topological polar surface area (TPSA) is 38.3 Å². The molecule has 0 bridgehead atoms. The lowest BCUT2D eigenvalue weighted by Gasteiger charge is -2.31. The molecule has 1 aliphatic rings. The molecular weight excluding hydrogens is 282 g/mol. The first kappa shape index (κ1) is 15.0. The van der Waals surface area contributed by atoms with E-state index in [0.717, 1.165) is 30.9 Å². The van der Waals surface area contributed by atoms with Crippen molar-refractivity contribution >= 4 is 22.4 Å². The summed E-state index contributed by atoms with van der Waals surface area (Å²) < 4.78 is 18.2. The summed E-state index contributed by atoms with van der Waals surface area (Å²) >= 11 is 5.97. The van der Waals surface area contributed by atoms with Crippen LogP contribution in [0.3, 0.4) is 0 Å². The van der Waals surface area contributed by atoms with Crippen LogP contribution in [0.15, 0.2) is 29.2 Å². The number of hydrogen-bond donors (Lipinski definition) is 1. The molecule has 0 aliphatic carbocycles. The molecule has 3 atom stereocenters. The quantitative estimate of drug-likeness (QED) is 0.908. The second kappa shape index (κ2) is 7.39. The molecule has 106 valence electrons. The van der Waals surface area contributed by atoms with Crippen LogP contribution < -0.4 is 5.32 Å². The summed E-state index contributed by atoms with van der Waals surface area (Å²) in [5.74, 6) is 0. The fourth-order valence-electron chi connectivity index (χ4n) is 2.25. The van der Waals surface area contributed by atoms with Gasteiger partial charge in [0.15, 0.2) is 0 Å². The van der Waals surface area contributed by atoms with E-state index in [4.69, 9.17) is 16.3 Å². The van der Waals surface area contributed by atoms with Crippen molar-refractivity contribution < 1.29 is 8.95 Å². The van der Waals surface area contributed by atoms with Crippen LogP contribution in [0.2, 0.25) is 5.02 Å². The highest BCUT2D eigenvalue weighted by Gasteiger charge is 2.31. The van der Waals surface area contributed by atoms with Crippen molar-refractivity contribution in [3.8, 4) is 0 Å². The Hall–Kier alpha value is -0.420. The molecule has 5 heteroatoms. The van der Waals surface area contributed by atoms with E-state index in [-0.39, 0.29) is 11.3 Å². The smallest absolute Gasteiger partial charge is 0.0782 e. The molecule has 1 saturated heterocycles. The summed E-state index contributed by atoms with van der Waals surface area (Å²) in [5, 5.41) is 4.11. The van der Waals surface area contributed by atoms with Gasteiger partial charge < -0.3 is 10.1 Å². The molecule has 1 heterocycles. The van der Waals surface area contributed by atoms with Crippen LogP contribution in [0.4, 0.5) is 0 Å². The van der Waals surface area contributed by atoms with Gasteiger partial charge in [0.25, 0.3) is 0 Å². The number of rotatable bonds is 5. The fourth-order valence-corrected chi connectivity index (χ4v) is 4.06. The van der Waals surface area contributed by atoms with Gasteiger partial charge in [-0.2, -0.15) is 0 Å². The number of ether oxygens (including phenoxy) is 1. The van der Waals surface area contributed by atoms with Gasteiger partial charge in [0.1, 0.15) is 0 Å². The van der Waals surface area contributed by atoms with E-state index < -0.39 is 10.8 Å². The van der Waals surface area contributed by atoms with Gasteiger partial charge in [-0.05, 0) is 37.6 Å². The highest BCUT2D eigenvalue weighted by Crippen LogP contribution is 2.22. The van der Waals surface area contributed by atoms with Crippen LogP contribution in [0.5, 0.6) is 0 Å². The Morgan fingerprint density at radius 1 is 1.53 bits per heavy atom. The maximum absolute atomic E-state index is 12.7. The molecule has 0 spiro atoms. The van der Waals surface area contributed by atoms with Gasteiger partial charge in [-0.1, -0.05) is 24.6 Å². The molecule has 2 rings (SSSR count). The molecule has 0 amide bonds. The zero-order valence-electron chi connectivity index (χ0n) is 11.1. The Morgan fingerprint density at radius 3 is 3.11 bits per heavy atom. The summed E-state index contributed by atoms with van der Waals surface area (Å²) in [5.41, 5.74) is 0. The van der Waals surface area contributed by atoms with Crippen molar-refractivity contribution in [2.24, 2.45) is 0 Å². The normalized spacial score (nSPS) is 25.2. The van der Waals surface area contributed by atoms with Crippen molar-refractivity contribution in [2.45, 2.75) is 36.0 Å². The minimum atomic E-state index is -1.09. The summed E-state index contributed by atoms with van der Waals surface area (Å²) in [7, 11) is -1.09. The molecule has 3 nitrogen and oxygen atoms in total. The highest BCUT2D eigenvalue weighted by atomic mass is 35.5. The first-order valence-corrected chi connectivity index (χ1v) is 8.28. The molecule has 1 aromatic carbocycles. The Labute approximate surface area is 122 Å². The fraction of sp³-hybridized carbons (Fsp3) is 0.571. The maximum atomic E-state index is 12.7. The minimum absolute atomic E-state index is 0.00114. The van der Waals surface area contributed by atoms with Crippen molar-refractivity contribution in [3.63, 3.8) is 0 Å². The van der Waals surface area contributed by atoms with E-state index in [9.17, 15) is 4.21 Å². The van der Waals surface area contributed by atoms with E-state index in [2.05, 4.69) is 12.2 Å². The molecular formula is C14H20ClNO2S. The first-order valence-electron chi connectivity index (χ1n) is 6.69. The Kier molecular flexibility index (Phi) is 5.82. The van der Waals surface area contributed by atoms with Crippen molar-refractivity contribution in [1.82, 2.24) is 5.32 Å². The molecule has 0 saturated carbocycles. The van der Waals surface area contributed by atoms with Crippen LogP contribution in [0.1, 0.15) is 19.8 Å². The number of benzene rings is 1. The third kappa shape index (κ3) is 4.02. The van der Waals surface area contributed by atoms with Crippen molar-refractivity contribution in [3.05, 3.63) is 29.3 Å². The predicted octanol–water partition coefficient (Wildman–Crippen LogP) is 2.60. The van der Waals surface area contributed by atoms with Gasteiger partial charge in [0, 0.05) is 22.6 Å². The molecule has 1 fully saturated rings. The highest BCUT2D eigenvalue weighted by molar-refractivity contribution is 7.85. The third-order valence-corrected chi connectivity index (χ3v) is 5.23. The third-order valence-electron chi connectivity index (χ3n) is 3.26. The van der Waals surface area contributed by atoms with Gasteiger partial charge >= 0.3 is 0 Å². The largest absolute Gasteiger partial charge is 0.380 e. The minimum Gasteiger partial charge on any atom is -0.380 e. The predicted molar refractivity (Wildman–Crippen MR) is 79.2 cm³/mol. The second-order valence-corrected chi connectivity index (χ2v) is 6.83. The second-order valence-electron chi connectivity index (χ2n) is 4.72. The van der Waals surface area contributed by atoms with Crippen LogP contribution in [-0.2, 0) is 15.5 Å². The van der Waals surface area contributed by atoms with Gasteiger partial charge in [0.2, 0.25) is 0 Å². The molecule has 1 N–H and O–H groups in total. The molecule has 0 aromatic heterocycles. The first-order chi connectivity index (χ1) is 9.22. The van der Waals surface area contributed by atoms with Crippen molar-refractivity contribution in [2.75, 3.05) is 19.8 Å². The number of nitrogens with one attached hydrogen (secondary N) is 1. The molecule has 0 radical (unpaired) electrons. The summed E-state index contributed by atoms with van der Waals surface area (Å²) in [6, 6.07) is 7.55. The van der Waals surface area contributed by atoms with Gasteiger partial charge in [-0.15, -0.1) is 0 Å².